The van der Waals surface area contributed by atoms with Gasteiger partial charge in [0, 0.05) is 12.1 Å². The third kappa shape index (κ3) is 4.71. The van der Waals surface area contributed by atoms with Crippen molar-refractivity contribution >= 4 is 0 Å². The van der Waals surface area contributed by atoms with Crippen molar-refractivity contribution in [3.63, 3.8) is 0 Å². The van der Waals surface area contributed by atoms with Gasteiger partial charge in [-0.2, -0.15) is 13.2 Å². The highest BCUT2D eigenvalue weighted by Gasteiger charge is 2.30. The van der Waals surface area contributed by atoms with Crippen LogP contribution >= 0.6 is 0 Å². The van der Waals surface area contributed by atoms with Crippen molar-refractivity contribution in [3.8, 4) is 5.75 Å². The van der Waals surface area contributed by atoms with E-state index in [0.717, 1.165) is 18.7 Å². The van der Waals surface area contributed by atoms with Gasteiger partial charge in [-0.05, 0) is 51.6 Å². The predicted molar refractivity (Wildman–Crippen MR) is 73.9 cm³/mol. The number of hydrogen-bond acceptors (Lipinski definition) is 2. The number of ether oxygens (including phenoxy) is 1. The molecule has 0 aliphatic heterocycles. The maximum Gasteiger partial charge on any atom is 0.416 e. The minimum absolute atomic E-state index is 0.210. The maximum atomic E-state index is 12.4. The Bertz CT molecular complexity index is 401. The van der Waals surface area contributed by atoms with E-state index in [1.165, 1.54) is 12.1 Å². The molecule has 1 atom stereocenters. The molecule has 1 aromatic carbocycles. The van der Waals surface area contributed by atoms with Gasteiger partial charge >= 0.3 is 6.18 Å². The minimum atomic E-state index is -4.30. The van der Waals surface area contributed by atoms with E-state index < -0.39 is 11.7 Å². The van der Waals surface area contributed by atoms with Gasteiger partial charge < -0.3 is 4.74 Å². The minimum Gasteiger partial charge on any atom is -0.492 e. The molecule has 5 heteroatoms. The standard InChI is InChI=1S/C15H22F3NO/c1-5-19(11(2)3)12(4)10-20-14-8-6-13(7-9-14)15(16,17)18/h6-9,11-12H,5,10H2,1-4H3. The Labute approximate surface area is 118 Å². The van der Waals surface area contributed by atoms with E-state index in [1.54, 1.807) is 0 Å². The van der Waals surface area contributed by atoms with Crippen molar-refractivity contribution in [2.24, 2.45) is 0 Å². The van der Waals surface area contributed by atoms with Crippen molar-refractivity contribution in [2.75, 3.05) is 13.2 Å². The lowest BCUT2D eigenvalue weighted by atomic mass is 10.2. The van der Waals surface area contributed by atoms with E-state index in [9.17, 15) is 13.2 Å². The Balaban J connectivity index is 2.58. The summed E-state index contributed by atoms with van der Waals surface area (Å²) in [6.45, 7) is 9.71. The lowest BCUT2D eigenvalue weighted by Crippen LogP contribution is -2.41. The normalized spacial score (nSPS) is 13.8. The Morgan fingerprint density at radius 3 is 2.05 bits per heavy atom. The molecular formula is C15H22F3NO. The summed E-state index contributed by atoms with van der Waals surface area (Å²) in [5, 5.41) is 0. The average molecular weight is 289 g/mol. The van der Waals surface area contributed by atoms with Crippen LogP contribution in [-0.2, 0) is 6.18 Å². The fourth-order valence-electron chi connectivity index (χ4n) is 2.24. The van der Waals surface area contributed by atoms with Crippen LogP contribution in [0.4, 0.5) is 13.2 Å². The molecule has 0 bridgehead atoms. The summed E-state index contributed by atoms with van der Waals surface area (Å²) >= 11 is 0. The zero-order valence-corrected chi connectivity index (χ0v) is 12.4. The van der Waals surface area contributed by atoms with Crippen LogP contribution in [0.2, 0.25) is 0 Å². The summed E-state index contributed by atoms with van der Waals surface area (Å²) in [5.41, 5.74) is -0.657. The van der Waals surface area contributed by atoms with E-state index in [2.05, 4.69) is 25.7 Å². The van der Waals surface area contributed by atoms with Crippen LogP contribution in [0.1, 0.15) is 33.3 Å². The average Bonchev–Trinajstić information content (AvgIpc) is 2.36. The monoisotopic (exact) mass is 289 g/mol. The molecule has 0 fully saturated rings. The molecule has 0 amide bonds. The molecule has 114 valence electrons. The van der Waals surface area contributed by atoms with Crippen LogP contribution in [0, 0.1) is 0 Å². The van der Waals surface area contributed by atoms with E-state index >= 15 is 0 Å². The predicted octanol–water partition coefficient (Wildman–Crippen LogP) is 4.20. The van der Waals surface area contributed by atoms with Gasteiger partial charge in [0.25, 0.3) is 0 Å². The summed E-state index contributed by atoms with van der Waals surface area (Å²) in [6, 6.07) is 5.43. The third-order valence-corrected chi connectivity index (χ3v) is 3.27. The number of halogens is 3. The Kier molecular flexibility index (Phi) is 5.87. The molecule has 2 nitrogen and oxygen atoms in total. The molecule has 0 saturated heterocycles. The van der Waals surface area contributed by atoms with Crippen LogP contribution in [0.15, 0.2) is 24.3 Å². The molecule has 0 N–H and O–H groups in total. The van der Waals surface area contributed by atoms with Crippen LogP contribution in [-0.4, -0.2) is 30.1 Å². The lowest BCUT2D eigenvalue weighted by Gasteiger charge is -2.31. The van der Waals surface area contributed by atoms with Gasteiger partial charge in [-0.15, -0.1) is 0 Å². The largest absolute Gasteiger partial charge is 0.492 e. The molecule has 0 spiro atoms. The summed E-state index contributed by atoms with van der Waals surface area (Å²) < 4.78 is 42.8. The molecular weight excluding hydrogens is 267 g/mol. The van der Waals surface area contributed by atoms with Crippen LogP contribution in [0.5, 0.6) is 5.75 Å². The van der Waals surface area contributed by atoms with Crippen LogP contribution in [0.25, 0.3) is 0 Å². The van der Waals surface area contributed by atoms with Crippen molar-refractivity contribution in [2.45, 2.75) is 46.0 Å². The Hall–Kier alpha value is -1.23. The molecule has 0 aliphatic rings. The highest BCUT2D eigenvalue weighted by molar-refractivity contribution is 5.28. The molecule has 0 saturated carbocycles. The molecule has 20 heavy (non-hydrogen) atoms. The molecule has 0 radical (unpaired) electrons. The van der Waals surface area contributed by atoms with Crippen molar-refractivity contribution in [1.82, 2.24) is 4.90 Å². The molecule has 0 heterocycles. The van der Waals surface area contributed by atoms with E-state index in [1.807, 2.05) is 6.92 Å². The lowest BCUT2D eigenvalue weighted by molar-refractivity contribution is -0.137. The zero-order chi connectivity index (χ0) is 15.3. The molecule has 0 aromatic heterocycles. The molecule has 1 unspecified atom stereocenters. The highest BCUT2D eigenvalue weighted by atomic mass is 19.4. The van der Waals surface area contributed by atoms with Gasteiger partial charge in [-0.3, -0.25) is 4.90 Å². The summed E-state index contributed by atoms with van der Waals surface area (Å²) in [4.78, 5) is 2.27. The van der Waals surface area contributed by atoms with Crippen LogP contribution in [0.3, 0.4) is 0 Å². The van der Waals surface area contributed by atoms with Crippen molar-refractivity contribution in [3.05, 3.63) is 29.8 Å². The second-order valence-electron chi connectivity index (χ2n) is 5.11. The second kappa shape index (κ2) is 6.97. The fourth-order valence-corrected chi connectivity index (χ4v) is 2.24. The molecule has 1 rings (SSSR count). The first-order chi connectivity index (χ1) is 9.25. The number of rotatable bonds is 6. The zero-order valence-electron chi connectivity index (χ0n) is 12.4. The van der Waals surface area contributed by atoms with E-state index in [4.69, 9.17) is 4.74 Å². The quantitative estimate of drug-likeness (QED) is 0.778. The summed E-state index contributed by atoms with van der Waals surface area (Å²) in [5.74, 6) is 0.463. The van der Waals surface area contributed by atoms with Gasteiger partial charge in [0.2, 0.25) is 0 Å². The summed E-state index contributed by atoms with van der Waals surface area (Å²) in [6.07, 6.45) is -4.30. The van der Waals surface area contributed by atoms with Gasteiger partial charge in [0.1, 0.15) is 12.4 Å². The van der Waals surface area contributed by atoms with Gasteiger partial charge in [-0.1, -0.05) is 6.92 Å². The SMILES string of the molecule is CCN(C(C)C)C(C)COc1ccc(C(F)(F)F)cc1. The molecule has 1 aromatic rings. The number of hydrogen-bond donors (Lipinski definition) is 0. The smallest absolute Gasteiger partial charge is 0.416 e. The van der Waals surface area contributed by atoms with Crippen molar-refractivity contribution < 1.29 is 17.9 Å². The van der Waals surface area contributed by atoms with Gasteiger partial charge in [0.05, 0.1) is 5.56 Å². The summed E-state index contributed by atoms with van der Waals surface area (Å²) in [7, 11) is 0. The number of benzene rings is 1. The van der Waals surface area contributed by atoms with Crippen molar-refractivity contribution in [1.29, 1.82) is 0 Å². The van der Waals surface area contributed by atoms with Crippen LogP contribution < -0.4 is 4.74 Å². The Morgan fingerprint density at radius 1 is 1.10 bits per heavy atom. The van der Waals surface area contributed by atoms with E-state index in [0.29, 0.717) is 18.4 Å². The first kappa shape index (κ1) is 16.8. The Morgan fingerprint density at radius 2 is 1.65 bits per heavy atom. The number of likely N-dealkylation sites (N-methyl/N-ethyl adjacent to an activating group) is 1. The van der Waals surface area contributed by atoms with Gasteiger partial charge in [0.15, 0.2) is 0 Å². The highest BCUT2D eigenvalue weighted by Crippen LogP contribution is 2.30. The van der Waals surface area contributed by atoms with Gasteiger partial charge in [-0.25, -0.2) is 0 Å². The third-order valence-electron chi connectivity index (χ3n) is 3.27. The molecule has 0 aliphatic carbocycles. The van der Waals surface area contributed by atoms with E-state index in [-0.39, 0.29) is 6.04 Å². The number of nitrogens with zero attached hydrogens (tertiary/aromatic N) is 1. The maximum absolute atomic E-state index is 12.4. The number of alkyl halides is 3. The topological polar surface area (TPSA) is 12.5 Å². The second-order valence-corrected chi connectivity index (χ2v) is 5.11. The first-order valence-corrected chi connectivity index (χ1v) is 6.81. The fraction of sp³-hybridized carbons (Fsp3) is 0.600. The first-order valence-electron chi connectivity index (χ1n) is 6.81.